The molecule has 32 heavy (non-hydrogen) atoms. The van der Waals surface area contributed by atoms with Crippen LogP contribution in [-0.4, -0.2) is 20.6 Å². The van der Waals surface area contributed by atoms with Crippen molar-refractivity contribution in [1.29, 1.82) is 0 Å². The number of hydrogen-bond donors (Lipinski definition) is 0. The van der Waals surface area contributed by atoms with Gasteiger partial charge in [-0.2, -0.15) is 11.8 Å². The summed E-state index contributed by atoms with van der Waals surface area (Å²) >= 11 is 1.90. The Balaban J connectivity index is 1.36. The molecule has 3 aromatic heterocycles. The second-order valence-electron chi connectivity index (χ2n) is 8.07. The van der Waals surface area contributed by atoms with Crippen LogP contribution in [0.25, 0.3) is 16.6 Å². The van der Waals surface area contributed by atoms with Gasteiger partial charge in [0.2, 0.25) is 5.76 Å². The van der Waals surface area contributed by atoms with E-state index in [2.05, 4.69) is 4.98 Å². The predicted molar refractivity (Wildman–Crippen MR) is 125 cm³/mol. The van der Waals surface area contributed by atoms with E-state index >= 15 is 0 Å². The summed E-state index contributed by atoms with van der Waals surface area (Å²) < 4.78 is 12.9. The number of carbonyl (C=O) groups excluding carboxylic acids is 1. The zero-order chi connectivity index (χ0) is 21.9. The number of rotatable bonds is 6. The monoisotopic (exact) mass is 448 g/mol. The fourth-order valence-corrected chi connectivity index (χ4v) is 5.58. The molecule has 7 heteroatoms. The first-order valence-corrected chi connectivity index (χ1v) is 12.0. The van der Waals surface area contributed by atoms with Gasteiger partial charge in [0.05, 0.1) is 5.69 Å². The summed E-state index contributed by atoms with van der Waals surface area (Å²) in [4.78, 5) is 29.7. The van der Waals surface area contributed by atoms with Crippen LogP contribution in [0.4, 0.5) is 0 Å². The molecule has 0 radical (unpaired) electrons. The number of carbonyl (C=O) groups is 1. The van der Waals surface area contributed by atoms with E-state index in [0.717, 1.165) is 10.9 Å². The Kier molecular flexibility index (Phi) is 5.99. The van der Waals surface area contributed by atoms with Gasteiger partial charge >= 0.3 is 5.97 Å². The highest BCUT2D eigenvalue weighted by Crippen LogP contribution is 2.35. The van der Waals surface area contributed by atoms with E-state index < -0.39 is 5.97 Å². The summed E-state index contributed by atoms with van der Waals surface area (Å²) in [5, 5.41) is 1.57. The normalized spacial score (nSPS) is 14.8. The minimum atomic E-state index is -0.532. The van der Waals surface area contributed by atoms with Crippen LogP contribution in [0.5, 0.6) is 0 Å². The maximum Gasteiger partial charge on any atom is 0.374 e. The number of hydrogen-bond acceptors (Lipinski definition) is 6. The summed E-state index contributed by atoms with van der Waals surface area (Å²) in [6.07, 6.45) is 7.97. The predicted octanol–water partition coefficient (Wildman–Crippen LogP) is 5.36. The number of esters is 1. The van der Waals surface area contributed by atoms with Crippen LogP contribution in [0.3, 0.4) is 0 Å². The molecule has 6 nitrogen and oxygen atoms in total. The summed E-state index contributed by atoms with van der Waals surface area (Å²) in [7, 11) is 0. The summed E-state index contributed by atoms with van der Waals surface area (Å²) in [5.74, 6) is 0.421. The van der Waals surface area contributed by atoms with E-state index in [0.29, 0.717) is 27.9 Å². The van der Waals surface area contributed by atoms with Gasteiger partial charge in [-0.15, -0.1) is 0 Å². The van der Waals surface area contributed by atoms with Gasteiger partial charge in [0, 0.05) is 34.2 Å². The van der Waals surface area contributed by atoms with E-state index in [1.807, 2.05) is 42.1 Å². The number of pyridine rings is 1. The van der Waals surface area contributed by atoms with Gasteiger partial charge in [0.15, 0.2) is 0 Å². The zero-order valence-electron chi connectivity index (χ0n) is 17.7. The fraction of sp³-hybridized carbons (Fsp3) is 0.320. The van der Waals surface area contributed by atoms with Crippen molar-refractivity contribution in [3.05, 3.63) is 82.1 Å². The maximum atomic E-state index is 13.0. The lowest BCUT2D eigenvalue weighted by Crippen LogP contribution is -2.16. The smallest absolute Gasteiger partial charge is 0.374 e. The van der Waals surface area contributed by atoms with Crippen molar-refractivity contribution in [2.45, 2.75) is 49.7 Å². The third-order valence-electron chi connectivity index (χ3n) is 5.87. The first-order chi connectivity index (χ1) is 15.7. The maximum absolute atomic E-state index is 13.0. The molecule has 0 saturated heterocycles. The number of furan rings is 1. The van der Waals surface area contributed by atoms with Crippen molar-refractivity contribution < 1.29 is 13.9 Å². The van der Waals surface area contributed by atoms with Gasteiger partial charge < -0.3 is 9.15 Å². The van der Waals surface area contributed by atoms with Crippen LogP contribution in [0.1, 0.15) is 53.9 Å². The van der Waals surface area contributed by atoms with Gasteiger partial charge in [-0.05, 0) is 31.0 Å². The van der Waals surface area contributed by atoms with E-state index in [1.165, 1.54) is 42.6 Å². The summed E-state index contributed by atoms with van der Waals surface area (Å²) in [6, 6.07) is 14.4. The van der Waals surface area contributed by atoms with Gasteiger partial charge in [-0.3, -0.25) is 9.20 Å². The number of para-hydroxylation sites is 1. The molecule has 4 aromatic rings. The molecular weight excluding hydrogens is 424 g/mol. The lowest BCUT2D eigenvalue weighted by atomic mass is 10.0. The lowest BCUT2D eigenvalue weighted by Gasteiger charge is -2.20. The molecule has 0 N–H and O–H groups in total. The molecule has 0 atom stereocenters. The highest BCUT2D eigenvalue weighted by molar-refractivity contribution is 7.99. The first-order valence-electron chi connectivity index (χ1n) is 11.0. The van der Waals surface area contributed by atoms with Crippen molar-refractivity contribution in [3.8, 4) is 0 Å². The van der Waals surface area contributed by atoms with Crippen LogP contribution >= 0.6 is 11.8 Å². The quantitative estimate of drug-likeness (QED) is 0.370. The lowest BCUT2D eigenvalue weighted by molar-refractivity contribution is 0.0432. The number of thioether (sulfide) groups is 1. The van der Waals surface area contributed by atoms with E-state index in [9.17, 15) is 9.59 Å². The van der Waals surface area contributed by atoms with Crippen LogP contribution < -0.4 is 5.56 Å². The SMILES string of the molecule is O=C(OCc1cc(=O)n2ccccc2n1)c1oc2ccccc2c1CSC1CCCCC1. The third-order valence-corrected chi connectivity index (χ3v) is 7.27. The Morgan fingerprint density at radius 2 is 1.94 bits per heavy atom. The van der Waals surface area contributed by atoms with Crippen molar-refractivity contribution in [1.82, 2.24) is 9.38 Å². The molecule has 1 aromatic carbocycles. The average molecular weight is 449 g/mol. The molecule has 164 valence electrons. The van der Waals surface area contributed by atoms with Crippen LogP contribution in [0.15, 0.2) is 63.9 Å². The highest BCUT2D eigenvalue weighted by Gasteiger charge is 2.24. The van der Waals surface area contributed by atoms with Crippen LogP contribution in [-0.2, 0) is 17.1 Å². The molecule has 0 unspecified atom stereocenters. The van der Waals surface area contributed by atoms with Crippen LogP contribution in [0.2, 0.25) is 0 Å². The molecule has 0 spiro atoms. The van der Waals surface area contributed by atoms with Gasteiger partial charge in [-0.25, -0.2) is 9.78 Å². The molecule has 1 fully saturated rings. The largest absolute Gasteiger partial charge is 0.453 e. The van der Waals surface area contributed by atoms with Gasteiger partial charge in [-0.1, -0.05) is 43.5 Å². The molecule has 1 saturated carbocycles. The molecule has 0 aliphatic heterocycles. The molecular formula is C25H24N2O4S. The number of ether oxygens (including phenoxy) is 1. The minimum Gasteiger partial charge on any atom is -0.453 e. The van der Waals surface area contributed by atoms with Crippen molar-refractivity contribution in [2.75, 3.05) is 0 Å². The Bertz CT molecular complexity index is 1320. The fourth-order valence-electron chi connectivity index (χ4n) is 4.22. The van der Waals surface area contributed by atoms with Crippen molar-refractivity contribution in [3.63, 3.8) is 0 Å². The molecule has 0 amide bonds. The number of benzene rings is 1. The Morgan fingerprint density at radius 3 is 2.81 bits per heavy atom. The standard InChI is InChI=1S/C25H24N2O4S/c28-23-14-17(26-22-12-6-7-13-27(22)23)15-30-25(29)24-20(16-32-18-8-2-1-3-9-18)19-10-4-5-11-21(19)31-24/h4-7,10-14,18H,1-3,8-9,15-16H2. The number of fused-ring (bicyclic) bond motifs is 2. The van der Waals surface area contributed by atoms with Gasteiger partial charge in [0.1, 0.15) is 17.8 Å². The summed E-state index contributed by atoms with van der Waals surface area (Å²) in [6.45, 7) is -0.0915. The van der Waals surface area contributed by atoms with Gasteiger partial charge in [0.25, 0.3) is 5.56 Å². The van der Waals surface area contributed by atoms with E-state index in [-0.39, 0.29) is 17.9 Å². The molecule has 3 heterocycles. The molecule has 1 aliphatic rings. The summed E-state index contributed by atoms with van der Waals surface area (Å²) in [5.41, 5.74) is 2.27. The second kappa shape index (κ2) is 9.20. The topological polar surface area (TPSA) is 73.8 Å². The molecule has 1 aliphatic carbocycles. The molecule has 0 bridgehead atoms. The minimum absolute atomic E-state index is 0.0915. The Hall–Kier alpha value is -3.06. The van der Waals surface area contributed by atoms with E-state index in [4.69, 9.17) is 9.15 Å². The third kappa shape index (κ3) is 4.30. The van der Waals surface area contributed by atoms with Crippen molar-refractivity contribution in [2.24, 2.45) is 0 Å². The Morgan fingerprint density at radius 1 is 1.12 bits per heavy atom. The number of aromatic nitrogens is 2. The molecule has 5 rings (SSSR count). The Labute approximate surface area is 189 Å². The van der Waals surface area contributed by atoms with E-state index in [1.54, 1.807) is 18.3 Å². The zero-order valence-corrected chi connectivity index (χ0v) is 18.5. The van der Waals surface area contributed by atoms with Crippen LogP contribution in [0, 0.1) is 0 Å². The van der Waals surface area contributed by atoms with Crippen molar-refractivity contribution >= 4 is 34.3 Å². The second-order valence-corrected chi connectivity index (χ2v) is 9.36. The highest BCUT2D eigenvalue weighted by atomic mass is 32.2. The average Bonchev–Trinajstić information content (AvgIpc) is 3.21. The number of nitrogens with zero attached hydrogens (tertiary/aromatic N) is 2. The first kappa shape index (κ1) is 20.8.